The van der Waals surface area contributed by atoms with Gasteiger partial charge in [-0.15, -0.1) is 11.3 Å². The molecule has 0 spiro atoms. The van der Waals surface area contributed by atoms with Crippen molar-refractivity contribution < 1.29 is 0 Å². The van der Waals surface area contributed by atoms with Crippen molar-refractivity contribution in [2.45, 2.75) is 39.5 Å². The van der Waals surface area contributed by atoms with Gasteiger partial charge in [0.25, 0.3) is 0 Å². The van der Waals surface area contributed by atoms with Gasteiger partial charge in [0, 0.05) is 4.88 Å². The standard InChI is InChI=1S/C13H22ClNS/c1-11(2)10-15-8-5-3-4-6-13-12(14)7-9-16-13/h7,9,11,15H,3-6,8,10H2,1-2H3. The molecule has 0 aromatic carbocycles. The van der Waals surface area contributed by atoms with Crippen molar-refractivity contribution >= 4 is 22.9 Å². The monoisotopic (exact) mass is 259 g/mol. The summed E-state index contributed by atoms with van der Waals surface area (Å²) in [7, 11) is 0. The van der Waals surface area contributed by atoms with Crippen molar-refractivity contribution in [1.82, 2.24) is 5.32 Å². The third kappa shape index (κ3) is 5.88. The fraction of sp³-hybridized carbons (Fsp3) is 0.692. The van der Waals surface area contributed by atoms with E-state index in [2.05, 4.69) is 24.5 Å². The Balaban J connectivity index is 1.94. The fourth-order valence-electron chi connectivity index (χ4n) is 1.61. The van der Waals surface area contributed by atoms with Gasteiger partial charge in [-0.05, 0) is 49.7 Å². The van der Waals surface area contributed by atoms with Gasteiger partial charge in [-0.3, -0.25) is 0 Å². The van der Waals surface area contributed by atoms with Crippen LogP contribution in [0.25, 0.3) is 0 Å². The van der Waals surface area contributed by atoms with E-state index in [1.54, 1.807) is 11.3 Å². The highest BCUT2D eigenvalue weighted by atomic mass is 35.5. The molecular weight excluding hydrogens is 238 g/mol. The minimum atomic E-state index is 0.755. The summed E-state index contributed by atoms with van der Waals surface area (Å²) >= 11 is 7.81. The van der Waals surface area contributed by atoms with Crippen molar-refractivity contribution in [1.29, 1.82) is 0 Å². The lowest BCUT2D eigenvalue weighted by molar-refractivity contribution is 0.530. The minimum Gasteiger partial charge on any atom is -0.316 e. The van der Waals surface area contributed by atoms with Crippen LogP contribution in [0.3, 0.4) is 0 Å². The number of aryl methyl sites for hydroxylation is 1. The third-order valence-electron chi connectivity index (χ3n) is 2.50. The van der Waals surface area contributed by atoms with E-state index < -0.39 is 0 Å². The molecule has 16 heavy (non-hydrogen) atoms. The molecule has 1 heterocycles. The van der Waals surface area contributed by atoms with E-state index in [9.17, 15) is 0 Å². The SMILES string of the molecule is CC(C)CNCCCCCc1sccc1Cl. The van der Waals surface area contributed by atoms with E-state index >= 15 is 0 Å². The van der Waals surface area contributed by atoms with E-state index in [-0.39, 0.29) is 0 Å². The number of hydrogen-bond acceptors (Lipinski definition) is 2. The van der Waals surface area contributed by atoms with Crippen LogP contribution < -0.4 is 5.32 Å². The zero-order valence-corrected chi connectivity index (χ0v) is 11.8. The normalized spacial score (nSPS) is 11.2. The Bertz CT molecular complexity index is 283. The van der Waals surface area contributed by atoms with Crippen molar-refractivity contribution in [2.24, 2.45) is 5.92 Å². The van der Waals surface area contributed by atoms with Crippen LogP contribution in [-0.2, 0) is 6.42 Å². The summed E-state index contributed by atoms with van der Waals surface area (Å²) in [6.45, 7) is 6.77. The van der Waals surface area contributed by atoms with E-state index in [1.807, 2.05) is 6.07 Å². The van der Waals surface area contributed by atoms with Crippen LogP contribution in [0.1, 0.15) is 38.0 Å². The first-order chi connectivity index (χ1) is 7.70. The number of thiophene rings is 1. The predicted octanol–water partition coefficient (Wildman–Crippen LogP) is 4.36. The van der Waals surface area contributed by atoms with Crippen molar-refractivity contribution in [3.8, 4) is 0 Å². The molecular formula is C13H22ClNS. The van der Waals surface area contributed by atoms with Crippen LogP contribution in [0.5, 0.6) is 0 Å². The maximum absolute atomic E-state index is 6.04. The molecule has 0 saturated heterocycles. The second kappa shape index (κ2) is 8.10. The topological polar surface area (TPSA) is 12.0 Å². The minimum absolute atomic E-state index is 0.755. The molecule has 0 aliphatic carbocycles. The number of unbranched alkanes of at least 4 members (excludes halogenated alkanes) is 2. The molecule has 3 heteroatoms. The highest BCUT2D eigenvalue weighted by Gasteiger charge is 2.00. The Morgan fingerprint density at radius 1 is 1.31 bits per heavy atom. The molecule has 92 valence electrons. The molecule has 0 aliphatic heterocycles. The summed E-state index contributed by atoms with van der Waals surface area (Å²) in [4.78, 5) is 1.34. The first-order valence-electron chi connectivity index (χ1n) is 6.12. The number of halogens is 1. The Hall–Kier alpha value is -0.0500. The largest absolute Gasteiger partial charge is 0.316 e. The van der Waals surface area contributed by atoms with Gasteiger partial charge < -0.3 is 5.32 Å². The lowest BCUT2D eigenvalue weighted by atomic mass is 10.1. The van der Waals surface area contributed by atoms with Crippen molar-refractivity contribution in [3.05, 3.63) is 21.3 Å². The van der Waals surface area contributed by atoms with Crippen LogP contribution in [0.2, 0.25) is 5.02 Å². The van der Waals surface area contributed by atoms with Gasteiger partial charge in [-0.25, -0.2) is 0 Å². The zero-order chi connectivity index (χ0) is 11.8. The Morgan fingerprint density at radius 3 is 2.75 bits per heavy atom. The van der Waals surface area contributed by atoms with Gasteiger partial charge in [-0.2, -0.15) is 0 Å². The van der Waals surface area contributed by atoms with Crippen molar-refractivity contribution in [2.75, 3.05) is 13.1 Å². The quantitative estimate of drug-likeness (QED) is 0.684. The first kappa shape index (κ1) is 14.0. The van der Waals surface area contributed by atoms with Crippen LogP contribution in [-0.4, -0.2) is 13.1 Å². The summed E-state index contributed by atoms with van der Waals surface area (Å²) in [6, 6.07) is 1.99. The molecule has 1 N–H and O–H groups in total. The molecule has 0 radical (unpaired) electrons. The van der Waals surface area contributed by atoms with E-state index in [4.69, 9.17) is 11.6 Å². The second-order valence-corrected chi connectivity index (χ2v) is 6.01. The van der Waals surface area contributed by atoms with E-state index in [1.165, 1.54) is 24.1 Å². The van der Waals surface area contributed by atoms with Gasteiger partial charge >= 0.3 is 0 Å². The molecule has 0 aliphatic rings. The molecule has 1 aromatic rings. The summed E-state index contributed by atoms with van der Waals surface area (Å²) in [5.41, 5.74) is 0. The van der Waals surface area contributed by atoms with Crippen LogP contribution in [0.15, 0.2) is 11.4 Å². The highest BCUT2D eigenvalue weighted by molar-refractivity contribution is 7.10. The smallest absolute Gasteiger partial charge is 0.0544 e. The zero-order valence-electron chi connectivity index (χ0n) is 10.3. The van der Waals surface area contributed by atoms with E-state index in [0.29, 0.717) is 0 Å². The number of nitrogens with one attached hydrogen (secondary N) is 1. The summed E-state index contributed by atoms with van der Waals surface area (Å²) in [5, 5.41) is 6.48. The lowest BCUT2D eigenvalue weighted by Crippen LogP contribution is -2.20. The maximum atomic E-state index is 6.04. The fourth-order valence-corrected chi connectivity index (χ4v) is 2.78. The van der Waals surface area contributed by atoms with Crippen LogP contribution in [0, 0.1) is 5.92 Å². The first-order valence-corrected chi connectivity index (χ1v) is 7.38. The van der Waals surface area contributed by atoms with Crippen LogP contribution >= 0.6 is 22.9 Å². The Morgan fingerprint density at radius 2 is 2.12 bits per heavy atom. The second-order valence-electron chi connectivity index (χ2n) is 4.60. The van der Waals surface area contributed by atoms with Gasteiger partial charge in [0.05, 0.1) is 5.02 Å². The average molecular weight is 260 g/mol. The summed E-state index contributed by atoms with van der Waals surface area (Å²) in [6.07, 6.45) is 4.96. The molecule has 1 nitrogen and oxygen atoms in total. The molecule has 0 fully saturated rings. The van der Waals surface area contributed by atoms with Crippen molar-refractivity contribution in [3.63, 3.8) is 0 Å². The molecule has 1 rings (SSSR count). The average Bonchev–Trinajstić information content (AvgIpc) is 2.62. The Labute approximate surface area is 108 Å². The molecule has 0 unspecified atom stereocenters. The number of hydrogen-bond donors (Lipinski definition) is 1. The molecule has 1 aromatic heterocycles. The predicted molar refractivity (Wildman–Crippen MR) is 74.6 cm³/mol. The number of rotatable bonds is 8. The molecule has 0 saturated carbocycles. The van der Waals surface area contributed by atoms with Gasteiger partial charge in [0.2, 0.25) is 0 Å². The van der Waals surface area contributed by atoms with Gasteiger partial charge in [-0.1, -0.05) is 31.9 Å². The third-order valence-corrected chi connectivity index (χ3v) is 3.95. The Kier molecular flexibility index (Phi) is 7.10. The highest BCUT2D eigenvalue weighted by Crippen LogP contribution is 2.23. The summed E-state index contributed by atoms with van der Waals surface area (Å²) < 4.78 is 0. The van der Waals surface area contributed by atoms with Crippen LogP contribution in [0.4, 0.5) is 0 Å². The molecule has 0 bridgehead atoms. The lowest BCUT2D eigenvalue weighted by Gasteiger charge is -2.06. The van der Waals surface area contributed by atoms with Gasteiger partial charge in [0.1, 0.15) is 0 Å². The summed E-state index contributed by atoms with van der Waals surface area (Å²) in [5.74, 6) is 0.755. The molecule has 0 atom stereocenters. The van der Waals surface area contributed by atoms with Gasteiger partial charge in [0.15, 0.2) is 0 Å². The maximum Gasteiger partial charge on any atom is 0.0544 e. The van der Waals surface area contributed by atoms with E-state index in [0.717, 1.165) is 30.5 Å². The molecule has 0 amide bonds.